The van der Waals surface area contributed by atoms with Crippen molar-refractivity contribution in [1.82, 2.24) is 19.3 Å². The maximum absolute atomic E-state index is 6.14. The van der Waals surface area contributed by atoms with Crippen molar-refractivity contribution in [2.75, 3.05) is 5.73 Å². The zero-order chi connectivity index (χ0) is 13.4. The largest absolute Gasteiger partial charge is 0.369 e. The van der Waals surface area contributed by atoms with Gasteiger partial charge in [-0.05, 0) is 25.1 Å². The summed E-state index contributed by atoms with van der Waals surface area (Å²) in [4.78, 5) is 4.34. The lowest BCUT2D eigenvalue weighted by Gasteiger charge is -2.16. The van der Waals surface area contributed by atoms with E-state index in [4.69, 9.17) is 17.3 Å². The molecular formula is C13H14ClN5. The third-order valence-corrected chi connectivity index (χ3v) is 3.45. The molecule has 19 heavy (non-hydrogen) atoms. The lowest BCUT2D eigenvalue weighted by atomic mass is 10.2. The molecule has 0 aliphatic rings. The van der Waals surface area contributed by atoms with Crippen molar-refractivity contribution in [3.05, 3.63) is 41.7 Å². The molecule has 2 aromatic heterocycles. The number of nitrogen functional groups attached to an aromatic ring is 1. The molecule has 0 spiro atoms. The first-order chi connectivity index (χ1) is 9.16. The van der Waals surface area contributed by atoms with Gasteiger partial charge in [0.15, 0.2) is 0 Å². The number of nitrogens with zero attached hydrogens (tertiary/aromatic N) is 4. The van der Waals surface area contributed by atoms with Gasteiger partial charge in [-0.25, -0.2) is 4.98 Å². The van der Waals surface area contributed by atoms with Gasteiger partial charge in [0.1, 0.15) is 5.52 Å². The maximum Gasteiger partial charge on any atom is 0.201 e. The maximum atomic E-state index is 6.14. The molecule has 0 bridgehead atoms. The first kappa shape index (κ1) is 12.0. The van der Waals surface area contributed by atoms with Gasteiger partial charge in [0.05, 0.1) is 23.1 Å². The Labute approximate surface area is 115 Å². The molecule has 0 amide bonds. The van der Waals surface area contributed by atoms with Crippen molar-refractivity contribution >= 4 is 28.6 Å². The molecule has 5 nitrogen and oxygen atoms in total. The summed E-state index contributed by atoms with van der Waals surface area (Å²) in [7, 11) is 0. The van der Waals surface area contributed by atoms with Crippen LogP contribution in [0.5, 0.6) is 0 Å². The lowest BCUT2D eigenvalue weighted by molar-refractivity contribution is 0.450. The molecule has 2 N–H and O–H groups in total. The Morgan fingerprint density at radius 3 is 2.95 bits per heavy atom. The van der Waals surface area contributed by atoms with Crippen LogP contribution >= 0.6 is 11.6 Å². The number of anilines is 1. The number of halogens is 1. The van der Waals surface area contributed by atoms with Crippen molar-refractivity contribution < 1.29 is 0 Å². The van der Waals surface area contributed by atoms with Crippen molar-refractivity contribution in [2.24, 2.45) is 0 Å². The van der Waals surface area contributed by atoms with Crippen LogP contribution in [0, 0.1) is 0 Å². The quantitative estimate of drug-likeness (QED) is 0.799. The number of fused-ring (bicyclic) bond motifs is 1. The highest BCUT2D eigenvalue weighted by Gasteiger charge is 2.15. The van der Waals surface area contributed by atoms with Gasteiger partial charge in [0, 0.05) is 12.4 Å². The first-order valence-electron chi connectivity index (χ1n) is 6.06. The van der Waals surface area contributed by atoms with Gasteiger partial charge in [-0.15, -0.1) is 0 Å². The monoisotopic (exact) mass is 275 g/mol. The topological polar surface area (TPSA) is 61.7 Å². The summed E-state index contributed by atoms with van der Waals surface area (Å²) in [5, 5.41) is 4.83. The van der Waals surface area contributed by atoms with Crippen molar-refractivity contribution in [3.63, 3.8) is 0 Å². The molecule has 1 aromatic carbocycles. The van der Waals surface area contributed by atoms with E-state index in [0.717, 1.165) is 17.6 Å². The Hall–Kier alpha value is -2.01. The Morgan fingerprint density at radius 2 is 2.21 bits per heavy atom. The van der Waals surface area contributed by atoms with E-state index in [1.807, 2.05) is 39.7 Å². The van der Waals surface area contributed by atoms with Crippen LogP contribution in [-0.2, 0) is 6.54 Å². The summed E-state index contributed by atoms with van der Waals surface area (Å²) in [6, 6.07) is 7.74. The van der Waals surface area contributed by atoms with Crippen LogP contribution < -0.4 is 5.73 Å². The summed E-state index contributed by atoms with van der Waals surface area (Å²) in [6.07, 6.45) is 3.69. The van der Waals surface area contributed by atoms with E-state index in [9.17, 15) is 0 Å². The number of rotatable bonds is 3. The smallest absolute Gasteiger partial charge is 0.201 e. The number of hydrogen-bond donors (Lipinski definition) is 1. The van der Waals surface area contributed by atoms with Gasteiger partial charge in [0.2, 0.25) is 5.95 Å². The number of aromatic nitrogens is 4. The minimum absolute atomic E-state index is 0.142. The van der Waals surface area contributed by atoms with E-state index in [-0.39, 0.29) is 6.04 Å². The van der Waals surface area contributed by atoms with Crippen LogP contribution in [0.25, 0.3) is 11.0 Å². The SMILES string of the molecule is CC(Cn1cccn1)n1c(N)nc2c(Cl)cccc21. The fraction of sp³-hybridized carbons (Fsp3) is 0.231. The Balaban J connectivity index is 2.04. The van der Waals surface area contributed by atoms with E-state index in [2.05, 4.69) is 17.0 Å². The summed E-state index contributed by atoms with van der Waals surface area (Å²) in [6.45, 7) is 2.81. The van der Waals surface area contributed by atoms with Crippen LogP contribution in [0.4, 0.5) is 5.95 Å². The number of benzene rings is 1. The number of para-hydroxylation sites is 1. The van der Waals surface area contributed by atoms with Crippen LogP contribution in [0.1, 0.15) is 13.0 Å². The van der Waals surface area contributed by atoms with Crippen molar-refractivity contribution in [3.8, 4) is 0 Å². The summed E-state index contributed by atoms with van der Waals surface area (Å²) >= 11 is 6.14. The van der Waals surface area contributed by atoms with Crippen LogP contribution in [0.3, 0.4) is 0 Å². The van der Waals surface area contributed by atoms with Gasteiger partial charge in [-0.2, -0.15) is 5.10 Å². The van der Waals surface area contributed by atoms with E-state index < -0.39 is 0 Å². The molecular weight excluding hydrogens is 262 g/mol. The molecule has 1 unspecified atom stereocenters. The van der Waals surface area contributed by atoms with E-state index in [1.54, 1.807) is 6.20 Å². The van der Waals surface area contributed by atoms with E-state index >= 15 is 0 Å². The fourth-order valence-corrected chi connectivity index (χ4v) is 2.54. The van der Waals surface area contributed by atoms with Crippen LogP contribution in [0.15, 0.2) is 36.7 Å². The zero-order valence-corrected chi connectivity index (χ0v) is 11.2. The number of hydrogen-bond acceptors (Lipinski definition) is 3. The Bertz CT molecular complexity index is 701. The molecule has 3 rings (SSSR count). The molecule has 0 fully saturated rings. The molecule has 1 atom stereocenters. The van der Waals surface area contributed by atoms with Crippen molar-refractivity contribution in [2.45, 2.75) is 19.5 Å². The predicted octanol–water partition coefficient (Wildman–Crippen LogP) is 2.73. The van der Waals surface area contributed by atoms with Gasteiger partial charge in [-0.3, -0.25) is 4.68 Å². The molecule has 98 valence electrons. The van der Waals surface area contributed by atoms with Crippen molar-refractivity contribution in [1.29, 1.82) is 0 Å². The molecule has 0 aliphatic carbocycles. The molecule has 0 radical (unpaired) electrons. The Kier molecular flexibility index (Phi) is 2.91. The van der Waals surface area contributed by atoms with E-state index in [1.165, 1.54) is 0 Å². The van der Waals surface area contributed by atoms with Gasteiger partial charge < -0.3 is 10.3 Å². The van der Waals surface area contributed by atoms with Gasteiger partial charge in [0.25, 0.3) is 0 Å². The second-order valence-corrected chi connectivity index (χ2v) is 4.93. The second-order valence-electron chi connectivity index (χ2n) is 4.52. The van der Waals surface area contributed by atoms with Gasteiger partial charge >= 0.3 is 0 Å². The molecule has 0 aliphatic heterocycles. The lowest BCUT2D eigenvalue weighted by Crippen LogP contribution is -2.15. The average Bonchev–Trinajstić information content (AvgIpc) is 2.96. The summed E-state index contributed by atoms with van der Waals surface area (Å²) in [5.74, 6) is 0.475. The third kappa shape index (κ3) is 2.06. The second kappa shape index (κ2) is 4.59. The van der Waals surface area contributed by atoms with E-state index in [0.29, 0.717) is 11.0 Å². The summed E-state index contributed by atoms with van der Waals surface area (Å²) < 4.78 is 3.86. The van der Waals surface area contributed by atoms with Gasteiger partial charge in [-0.1, -0.05) is 17.7 Å². The zero-order valence-electron chi connectivity index (χ0n) is 10.5. The first-order valence-corrected chi connectivity index (χ1v) is 6.44. The molecule has 3 aromatic rings. The highest BCUT2D eigenvalue weighted by Crippen LogP contribution is 2.28. The minimum atomic E-state index is 0.142. The fourth-order valence-electron chi connectivity index (χ4n) is 2.32. The summed E-state index contributed by atoms with van der Waals surface area (Å²) in [5.41, 5.74) is 7.71. The number of nitrogens with two attached hydrogens (primary N) is 1. The highest BCUT2D eigenvalue weighted by atomic mass is 35.5. The Morgan fingerprint density at radius 1 is 1.37 bits per heavy atom. The molecule has 2 heterocycles. The predicted molar refractivity (Wildman–Crippen MR) is 76.1 cm³/mol. The molecule has 6 heteroatoms. The number of imidazole rings is 1. The molecule has 0 saturated heterocycles. The average molecular weight is 276 g/mol. The minimum Gasteiger partial charge on any atom is -0.369 e. The highest BCUT2D eigenvalue weighted by molar-refractivity contribution is 6.35. The standard InChI is InChI=1S/C13H14ClN5/c1-9(8-18-7-3-6-16-18)19-11-5-2-4-10(14)12(11)17-13(19)15/h2-7,9H,8H2,1H3,(H2,15,17). The normalized spacial score (nSPS) is 12.9. The van der Waals surface area contributed by atoms with Crippen LogP contribution in [0.2, 0.25) is 5.02 Å². The van der Waals surface area contributed by atoms with Crippen LogP contribution in [-0.4, -0.2) is 19.3 Å². The third-order valence-electron chi connectivity index (χ3n) is 3.15. The molecule has 0 saturated carbocycles.